The Bertz CT molecular complexity index is 443. The van der Waals surface area contributed by atoms with Gasteiger partial charge in [-0.15, -0.1) is 0 Å². The molecule has 3 amide bonds. The van der Waals surface area contributed by atoms with Gasteiger partial charge in [-0.05, 0) is 20.8 Å². The number of nitrogens with two attached hydrogens (primary N) is 1. The van der Waals surface area contributed by atoms with E-state index in [0.29, 0.717) is 0 Å². The summed E-state index contributed by atoms with van der Waals surface area (Å²) < 4.78 is 0. The Morgan fingerprint density at radius 2 is 1.45 bits per heavy atom. The van der Waals surface area contributed by atoms with Gasteiger partial charge < -0.3 is 26.8 Å². The van der Waals surface area contributed by atoms with Gasteiger partial charge in [0, 0.05) is 5.75 Å². The molecule has 0 saturated carbocycles. The topological polar surface area (TPSA) is 151 Å². The molecule has 0 aliphatic rings. The van der Waals surface area contributed by atoms with Crippen LogP contribution in [0.4, 0.5) is 0 Å². The Kier molecular flexibility index (Phi) is 8.50. The summed E-state index contributed by atoms with van der Waals surface area (Å²) >= 11 is 3.94. The molecule has 0 bridgehead atoms. The second kappa shape index (κ2) is 9.26. The van der Waals surface area contributed by atoms with Crippen molar-refractivity contribution in [2.45, 2.75) is 44.9 Å². The molecule has 0 aromatic carbocycles. The van der Waals surface area contributed by atoms with E-state index in [1.807, 2.05) is 0 Å². The molecule has 6 N–H and O–H groups in total. The molecule has 0 aromatic heterocycles. The van der Waals surface area contributed by atoms with Gasteiger partial charge in [0.25, 0.3) is 0 Å². The molecule has 10 heteroatoms. The lowest BCUT2D eigenvalue weighted by Crippen LogP contribution is -2.56. The van der Waals surface area contributed by atoms with Crippen LogP contribution in [0.15, 0.2) is 0 Å². The van der Waals surface area contributed by atoms with Crippen LogP contribution in [0.2, 0.25) is 0 Å². The summed E-state index contributed by atoms with van der Waals surface area (Å²) in [7, 11) is 0. The van der Waals surface area contributed by atoms with Crippen molar-refractivity contribution in [3.05, 3.63) is 0 Å². The van der Waals surface area contributed by atoms with Crippen LogP contribution in [0.1, 0.15) is 20.8 Å². The minimum absolute atomic E-state index is 0.0299. The zero-order chi connectivity index (χ0) is 17.4. The van der Waals surface area contributed by atoms with E-state index in [9.17, 15) is 19.2 Å². The molecule has 0 aromatic rings. The summed E-state index contributed by atoms with van der Waals surface area (Å²) in [5, 5.41) is 15.7. The van der Waals surface area contributed by atoms with Crippen LogP contribution in [0.25, 0.3) is 0 Å². The standard InChI is InChI=1S/C12H22N4O5S/c1-5(13)9(17)14-6(2)10(18)16-8(4-22)11(19)15-7(3)12(20)21/h5-8,22H,4,13H2,1-3H3,(H,14,17)(H,15,19)(H,16,18)(H,20,21). The van der Waals surface area contributed by atoms with Gasteiger partial charge in [0.05, 0.1) is 6.04 Å². The van der Waals surface area contributed by atoms with Gasteiger partial charge in [0.2, 0.25) is 17.7 Å². The van der Waals surface area contributed by atoms with Crippen LogP contribution in [-0.4, -0.2) is 58.7 Å². The number of hydrogen-bond acceptors (Lipinski definition) is 6. The van der Waals surface area contributed by atoms with Crippen molar-refractivity contribution in [3.63, 3.8) is 0 Å². The highest BCUT2D eigenvalue weighted by molar-refractivity contribution is 7.80. The van der Waals surface area contributed by atoms with E-state index in [0.717, 1.165) is 0 Å². The molecule has 0 aliphatic carbocycles. The van der Waals surface area contributed by atoms with Crippen LogP contribution in [-0.2, 0) is 19.2 Å². The minimum Gasteiger partial charge on any atom is -0.480 e. The van der Waals surface area contributed by atoms with Gasteiger partial charge in [0.1, 0.15) is 18.1 Å². The van der Waals surface area contributed by atoms with Crippen molar-refractivity contribution in [3.8, 4) is 0 Å². The normalized spacial score (nSPS) is 15.9. The number of carbonyl (C=O) groups is 4. The van der Waals surface area contributed by atoms with Crippen LogP contribution < -0.4 is 21.7 Å². The molecule has 4 atom stereocenters. The number of carboxylic acids is 1. The summed E-state index contributed by atoms with van der Waals surface area (Å²) in [5.74, 6) is -3.02. The molecule has 0 fully saturated rings. The second-order valence-corrected chi connectivity index (χ2v) is 5.20. The molecular weight excluding hydrogens is 312 g/mol. The molecule has 126 valence electrons. The van der Waals surface area contributed by atoms with Crippen molar-refractivity contribution in [2.75, 3.05) is 5.75 Å². The highest BCUT2D eigenvalue weighted by atomic mass is 32.1. The molecule has 0 aliphatic heterocycles. The highest BCUT2D eigenvalue weighted by Crippen LogP contribution is 1.94. The Balaban J connectivity index is 4.59. The van der Waals surface area contributed by atoms with Gasteiger partial charge >= 0.3 is 5.97 Å². The third kappa shape index (κ3) is 6.76. The number of amides is 3. The van der Waals surface area contributed by atoms with Crippen molar-refractivity contribution in [1.82, 2.24) is 16.0 Å². The Morgan fingerprint density at radius 3 is 1.86 bits per heavy atom. The van der Waals surface area contributed by atoms with Crippen molar-refractivity contribution in [1.29, 1.82) is 0 Å². The third-order valence-electron chi connectivity index (χ3n) is 2.71. The van der Waals surface area contributed by atoms with Crippen molar-refractivity contribution < 1.29 is 24.3 Å². The predicted molar refractivity (Wildman–Crippen MR) is 82.3 cm³/mol. The fourth-order valence-electron chi connectivity index (χ4n) is 1.28. The predicted octanol–water partition coefficient (Wildman–Crippen LogP) is -2.16. The number of rotatable bonds is 8. The molecule has 0 rings (SSSR count). The molecule has 9 nitrogen and oxygen atoms in total. The van der Waals surface area contributed by atoms with Gasteiger partial charge in [0.15, 0.2) is 0 Å². The average molecular weight is 334 g/mol. The summed E-state index contributed by atoms with van der Waals surface area (Å²) in [5.41, 5.74) is 5.37. The number of carboxylic acid groups (broad SMARTS) is 1. The van der Waals surface area contributed by atoms with Crippen LogP contribution >= 0.6 is 12.6 Å². The molecule has 0 radical (unpaired) electrons. The van der Waals surface area contributed by atoms with Gasteiger partial charge in [-0.1, -0.05) is 0 Å². The first-order valence-electron chi connectivity index (χ1n) is 6.60. The van der Waals surface area contributed by atoms with E-state index < -0.39 is 47.9 Å². The van der Waals surface area contributed by atoms with E-state index in [2.05, 4.69) is 28.6 Å². The van der Waals surface area contributed by atoms with Gasteiger partial charge in [-0.2, -0.15) is 12.6 Å². The number of thiol groups is 1. The fraction of sp³-hybridized carbons (Fsp3) is 0.667. The Morgan fingerprint density at radius 1 is 0.955 bits per heavy atom. The van der Waals surface area contributed by atoms with E-state index in [1.165, 1.54) is 20.8 Å². The maximum atomic E-state index is 11.9. The number of carbonyl (C=O) groups excluding carboxylic acids is 3. The molecule has 0 saturated heterocycles. The number of aliphatic carboxylic acids is 1. The lowest BCUT2D eigenvalue weighted by Gasteiger charge is -2.21. The zero-order valence-corrected chi connectivity index (χ0v) is 13.5. The van der Waals surface area contributed by atoms with E-state index in [1.54, 1.807) is 0 Å². The van der Waals surface area contributed by atoms with Crippen LogP contribution in [0.5, 0.6) is 0 Å². The highest BCUT2D eigenvalue weighted by Gasteiger charge is 2.25. The molecule has 4 unspecified atom stereocenters. The Labute approximate surface area is 133 Å². The van der Waals surface area contributed by atoms with Gasteiger partial charge in [-0.3, -0.25) is 19.2 Å². The summed E-state index contributed by atoms with van der Waals surface area (Å²) in [6.45, 7) is 4.20. The van der Waals surface area contributed by atoms with Gasteiger partial charge in [-0.25, -0.2) is 0 Å². The smallest absolute Gasteiger partial charge is 0.325 e. The first-order valence-corrected chi connectivity index (χ1v) is 7.23. The second-order valence-electron chi connectivity index (χ2n) is 4.83. The maximum Gasteiger partial charge on any atom is 0.325 e. The maximum absolute atomic E-state index is 11.9. The van der Waals surface area contributed by atoms with Crippen molar-refractivity contribution in [2.24, 2.45) is 5.73 Å². The zero-order valence-electron chi connectivity index (χ0n) is 12.6. The summed E-state index contributed by atoms with van der Waals surface area (Å²) in [4.78, 5) is 45.8. The largest absolute Gasteiger partial charge is 0.480 e. The quantitative estimate of drug-likeness (QED) is 0.278. The molecular formula is C12H22N4O5S. The lowest BCUT2D eigenvalue weighted by atomic mass is 10.2. The van der Waals surface area contributed by atoms with E-state index >= 15 is 0 Å². The van der Waals surface area contributed by atoms with E-state index in [4.69, 9.17) is 10.8 Å². The molecule has 0 spiro atoms. The first kappa shape index (κ1) is 20.2. The molecule has 0 heterocycles. The SMILES string of the molecule is CC(N)C(=O)NC(C)C(=O)NC(CS)C(=O)NC(C)C(=O)O. The minimum atomic E-state index is -1.20. The number of hydrogen-bond donors (Lipinski definition) is 6. The van der Waals surface area contributed by atoms with Crippen LogP contribution in [0.3, 0.4) is 0 Å². The Hall–Kier alpha value is -1.81. The molecule has 22 heavy (non-hydrogen) atoms. The van der Waals surface area contributed by atoms with Crippen molar-refractivity contribution >= 4 is 36.3 Å². The lowest BCUT2D eigenvalue weighted by molar-refractivity contribution is -0.141. The average Bonchev–Trinajstić information content (AvgIpc) is 2.43. The summed E-state index contributed by atoms with van der Waals surface area (Å²) in [6, 6.07) is -3.78. The fourth-order valence-corrected chi connectivity index (χ4v) is 1.53. The first-order chi connectivity index (χ1) is 10.1. The third-order valence-corrected chi connectivity index (χ3v) is 3.08. The number of nitrogens with one attached hydrogen (secondary N) is 3. The summed E-state index contributed by atoms with van der Waals surface area (Å²) in [6.07, 6.45) is 0. The van der Waals surface area contributed by atoms with Crippen LogP contribution in [0, 0.1) is 0 Å². The van der Waals surface area contributed by atoms with E-state index in [-0.39, 0.29) is 5.75 Å². The monoisotopic (exact) mass is 334 g/mol.